The molecule has 0 aromatic heterocycles. The Balaban J connectivity index is 1.62. The van der Waals surface area contributed by atoms with Crippen LogP contribution in [-0.4, -0.2) is 20.8 Å². The summed E-state index contributed by atoms with van der Waals surface area (Å²) in [5, 5.41) is 1.19. The number of unbranched alkanes of at least 4 members (excludes halogenated alkanes) is 1. The van der Waals surface area contributed by atoms with Crippen molar-refractivity contribution in [3.05, 3.63) is 0 Å². The Bertz CT molecular complexity index is 245. The normalized spacial score (nSPS) is 35.1. The van der Waals surface area contributed by atoms with Gasteiger partial charge in [0.2, 0.25) is 0 Å². The molecule has 0 spiro atoms. The summed E-state index contributed by atoms with van der Waals surface area (Å²) in [6.45, 7) is -0.0958. The Hall–Kier alpha value is 0.627. The van der Waals surface area contributed by atoms with Crippen LogP contribution < -0.4 is 0 Å². The van der Waals surface area contributed by atoms with Gasteiger partial charge in [0.1, 0.15) is 0 Å². The largest absolute Gasteiger partial charge is 0.251 e. The number of halogens is 2. The Kier molecular flexibility index (Phi) is 8.16. The molecule has 1 aliphatic heterocycles. The van der Waals surface area contributed by atoms with Crippen molar-refractivity contribution in [1.29, 1.82) is 0 Å². The highest BCUT2D eigenvalue weighted by molar-refractivity contribution is 9.09. The highest BCUT2D eigenvalue weighted by atomic mass is 79.9. The molecule has 0 radical (unpaired) electrons. The van der Waals surface area contributed by atoms with Crippen LogP contribution in [0, 0.1) is 17.8 Å². The minimum Gasteiger partial charge on any atom is -0.251 e. The fourth-order valence-electron chi connectivity index (χ4n) is 4.58. The second kappa shape index (κ2) is 9.60. The van der Waals surface area contributed by atoms with E-state index in [0.29, 0.717) is 0 Å². The molecule has 20 heavy (non-hydrogen) atoms. The molecule has 0 unspecified atom stereocenters. The molecule has 0 N–H and O–H groups in total. The van der Waals surface area contributed by atoms with Crippen molar-refractivity contribution in [3.8, 4) is 0 Å². The predicted octanol–water partition coefficient (Wildman–Crippen LogP) is 5.96. The summed E-state index contributed by atoms with van der Waals surface area (Å²) in [7, 11) is -0.447. The first-order chi connectivity index (χ1) is 9.83. The summed E-state index contributed by atoms with van der Waals surface area (Å²) in [6, 6.07) is 4.56. The van der Waals surface area contributed by atoms with E-state index in [0.717, 1.165) is 24.2 Å². The van der Waals surface area contributed by atoms with Crippen LogP contribution in [0.3, 0.4) is 0 Å². The van der Waals surface area contributed by atoms with Gasteiger partial charge in [-0.05, 0) is 43.4 Å². The molecule has 2 aliphatic rings. The maximum atomic E-state index is 12.2. The smallest absolute Gasteiger partial charge is 0.0894 e. The molecule has 1 heterocycles. The third kappa shape index (κ3) is 5.44. The Morgan fingerprint density at radius 2 is 1.55 bits per heavy atom. The monoisotopic (exact) mass is 362 g/mol. The molecule has 0 aromatic carbocycles. The van der Waals surface area contributed by atoms with Gasteiger partial charge in [0, 0.05) is 14.1 Å². The Labute approximate surface area is 135 Å². The van der Waals surface area contributed by atoms with Crippen molar-refractivity contribution in [2.45, 2.75) is 75.9 Å². The van der Waals surface area contributed by atoms with Gasteiger partial charge in [-0.15, -0.1) is 0 Å². The molecule has 0 aromatic rings. The van der Waals surface area contributed by atoms with Crippen LogP contribution in [0.4, 0.5) is 4.39 Å². The molecule has 2 rings (SSSR count). The van der Waals surface area contributed by atoms with Gasteiger partial charge in [0.25, 0.3) is 0 Å². The van der Waals surface area contributed by atoms with Crippen LogP contribution in [0.1, 0.15) is 57.8 Å². The Morgan fingerprint density at radius 1 is 0.900 bits per heavy atom. The molecule has 0 amide bonds. The third-order valence-corrected chi connectivity index (χ3v) is 9.95. The first kappa shape index (κ1) is 17.0. The average Bonchev–Trinajstić information content (AvgIpc) is 2.49. The first-order valence-corrected chi connectivity index (χ1v) is 12.5. The van der Waals surface area contributed by atoms with Crippen LogP contribution in [0.15, 0.2) is 0 Å². The van der Waals surface area contributed by atoms with E-state index in [9.17, 15) is 4.39 Å². The van der Waals surface area contributed by atoms with Crippen molar-refractivity contribution in [2.24, 2.45) is 17.8 Å². The number of hydrogen-bond acceptors (Lipinski definition) is 0. The fourth-order valence-corrected chi connectivity index (χ4v) is 8.76. The van der Waals surface area contributed by atoms with Crippen LogP contribution in [0.5, 0.6) is 0 Å². The van der Waals surface area contributed by atoms with E-state index >= 15 is 0 Å². The van der Waals surface area contributed by atoms with E-state index in [4.69, 9.17) is 0 Å². The van der Waals surface area contributed by atoms with Crippen molar-refractivity contribution in [3.63, 3.8) is 0 Å². The van der Waals surface area contributed by atoms with Crippen molar-refractivity contribution in [2.75, 3.05) is 12.0 Å². The summed E-state index contributed by atoms with van der Waals surface area (Å²) in [6.07, 6.45) is 12.4. The van der Waals surface area contributed by atoms with Crippen molar-refractivity contribution >= 4 is 24.7 Å². The summed E-state index contributed by atoms with van der Waals surface area (Å²) >= 11 is 3.59. The van der Waals surface area contributed by atoms with Gasteiger partial charge in [0.15, 0.2) is 0 Å². The molecular formula is C17H32BrFSi. The Morgan fingerprint density at radius 3 is 2.15 bits per heavy atom. The van der Waals surface area contributed by atoms with E-state index in [1.165, 1.54) is 62.7 Å². The average molecular weight is 363 g/mol. The van der Waals surface area contributed by atoms with E-state index in [-0.39, 0.29) is 6.67 Å². The summed E-state index contributed by atoms with van der Waals surface area (Å²) in [5.41, 5.74) is 0. The first-order valence-electron chi connectivity index (χ1n) is 8.95. The van der Waals surface area contributed by atoms with Gasteiger partial charge in [0.05, 0.1) is 6.67 Å². The van der Waals surface area contributed by atoms with E-state index < -0.39 is 8.80 Å². The van der Waals surface area contributed by atoms with Crippen LogP contribution in [0.2, 0.25) is 18.1 Å². The topological polar surface area (TPSA) is 0 Å². The molecule has 0 bridgehead atoms. The molecular weight excluding hydrogens is 331 g/mol. The standard InChI is InChI=1S/C17H32BrFSi/c18-10-7-15-3-5-16(6-4-15)17-8-13-20(14-9-17)12-2-1-11-19/h15-17,20H,1-14H2/t15-,16-,17-,20-. The number of hydrogen-bond donors (Lipinski definition) is 0. The SMILES string of the molecule is FCCCC[Si@H]1CC[C@H]([C@H]2CC[C@H](CCBr)CC2)CC1. The van der Waals surface area contributed by atoms with Gasteiger partial charge in [-0.1, -0.05) is 66.2 Å². The van der Waals surface area contributed by atoms with E-state index in [1.54, 1.807) is 12.1 Å². The molecule has 1 saturated heterocycles. The van der Waals surface area contributed by atoms with Gasteiger partial charge in [-0.25, -0.2) is 0 Å². The molecule has 2 fully saturated rings. The predicted molar refractivity (Wildman–Crippen MR) is 93.4 cm³/mol. The lowest BCUT2D eigenvalue weighted by Gasteiger charge is -2.37. The highest BCUT2D eigenvalue weighted by Crippen LogP contribution is 2.41. The molecule has 0 atom stereocenters. The van der Waals surface area contributed by atoms with Gasteiger partial charge in [-0.3, -0.25) is 4.39 Å². The summed E-state index contributed by atoms with van der Waals surface area (Å²) < 4.78 is 12.2. The van der Waals surface area contributed by atoms with Crippen molar-refractivity contribution in [1.82, 2.24) is 0 Å². The van der Waals surface area contributed by atoms with E-state index in [1.807, 2.05) is 0 Å². The van der Waals surface area contributed by atoms with Gasteiger partial charge < -0.3 is 0 Å². The lowest BCUT2D eigenvalue weighted by molar-refractivity contribution is 0.189. The van der Waals surface area contributed by atoms with Crippen molar-refractivity contribution < 1.29 is 4.39 Å². The minimum absolute atomic E-state index is 0.0958. The summed E-state index contributed by atoms with van der Waals surface area (Å²) in [4.78, 5) is 0. The second-order valence-corrected chi connectivity index (χ2v) is 11.5. The summed E-state index contributed by atoms with van der Waals surface area (Å²) in [5.74, 6) is 3.13. The molecule has 0 nitrogen and oxygen atoms in total. The van der Waals surface area contributed by atoms with E-state index in [2.05, 4.69) is 15.9 Å². The van der Waals surface area contributed by atoms with Gasteiger partial charge >= 0.3 is 0 Å². The maximum absolute atomic E-state index is 12.2. The maximum Gasteiger partial charge on any atom is 0.0894 e. The molecule has 1 aliphatic carbocycles. The highest BCUT2D eigenvalue weighted by Gasteiger charge is 2.30. The lowest BCUT2D eigenvalue weighted by Crippen LogP contribution is -2.28. The fraction of sp³-hybridized carbons (Fsp3) is 1.00. The number of rotatable bonds is 7. The zero-order valence-corrected chi connectivity index (χ0v) is 15.7. The molecule has 1 saturated carbocycles. The van der Waals surface area contributed by atoms with Crippen LogP contribution in [-0.2, 0) is 0 Å². The lowest BCUT2D eigenvalue weighted by atomic mass is 9.73. The minimum atomic E-state index is -0.447. The number of alkyl halides is 2. The van der Waals surface area contributed by atoms with Gasteiger partial charge in [-0.2, -0.15) is 0 Å². The second-order valence-electron chi connectivity index (χ2n) is 7.22. The molecule has 118 valence electrons. The zero-order chi connectivity index (χ0) is 14.2. The quantitative estimate of drug-likeness (QED) is 0.297. The third-order valence-electron chi connectivity index (χ3n) is 5.96. The molecule has 3 heteroatoms. The van der Waals surface area contributed by atoms with Crippen LogP contribution >= 0.6 is 15.9 Å². The zero-order valence-electron chi connectivity index (χ0n) is 13.0. The van der Waals surface area contributed by atoms with Crippen LogP contribution in [0.25, 0.3) is 0 Å².